The Bertz CT molecular complexity index is 993. The Hall–Kier alpha value is -1.43. The summed E-state index contributed by atoms with van der Waals surface area (Å²) in [4.78, 5) is 12.5. The molecule has 0 aromatic carbocycles. The SMILES string of the molecule is CCCCCCCCCCC/C=C\C/C=C\CCCCCCCCCCCCCCCC(=O)NC(CO)C(O)C(O)CCC/C=C/CCCCCCCCCCCCCCCCCC. The molecule has 0 aliphatic carbocycles. The van der Waals surface area contributed by atoms with E-state index in [4.69, 9.17) is 0 Å². The monoisotopic (exact) mass is 900 g/mol. The van der Waals surface area contributed by atoms with Crippen molar-refractivity contribution in [1.29, 1.82) is 0 Å². The standard InChI is InChI=1S/C59H113NO4/c1-3-5-7-9-11-13-15-17-19-21-23-25-26-27-28-29-30-31-32-34-36-38-40-42-44-46-48-50-52-54-58(63)60-56(55-61)59(64)57(62)53-51-49-47-45-43-41-39-37-35-33-24-22-20-18-16-14-12-10-8-6-4-2/h23,25,27-28,45,47,56-57,59,61-62,64H,3-22,24,26,29-44,46,48-55H2,1-2H3,(H,60,63)/b25-23-,28-27-,47-45+. The van der Waals surface area contributed by atoms with E-state index in [9.17, 15) is 20.1 Å². The maximum absolute atomic E-state index is 12.5. The number of carbonyl (C=O) groups is 1. The second-order valence-electron chi connectivity index (χ2n) is 19.8. The fourth-order valence-electron chi connectivity index (χ4n) is 9.02. The van der Waals surface area contributed by atoms with Crippen LogP contribution in [0.1, 0.15) is 309 Å². The van der Waals surface area contributed by atoms with Crippen LogP contribution in [0.25, 0.3) is 0 Å². The molecule has 0 saturated carbocycles. The molecule has 64 heavy (non-hydrogen) atoms. The fraction of sp³-hybridized carbons (Fsp3) is 0.881. The molecule has 3 atom stereocenters. The number of hydrogen-bond donors (Lipinski definition) is 4. The van der Waals surface area contributed by atoms with Crippen molar-refractivity contribution in [3.63, 3.8) is 0 Å². The van der Waals surface area contributed by atoms with Crippen LogP contribution >= 0.6 is 0 Å². The highest BCUT2D eigenvalue weighted by atomic mass is 16.3. The van der Waals surface area contributed by atoms with Gasteiger partial charge in [0.05, 0.1) is 18.8 Å². The molecule has 0 saturated heterocycles. The van der Waals surface area contributed by atoms with Gasteiger partial charge >= 0.3 is 0 Å². The van der Waals surface area contributed by atoms with Gasteiger partial charge in [-0.3, -0.25) is 4.79 Å². The summed E-state index contributed by atoms with van der Waals surface area (Å²) in [6.07, 6.45) is 70.2. The number of hydrogen-bond acceptors (Lipinski definition) is 4. The minimum Gasteiger partial charge on any atom is -0.394 e. The van der Waals surface area contributed by atoms with Crippen LogP contribution in [0.2, 0.25) is 0 Å². The van der Waals surface area contributed by atoms with E-state index in [1.54, 1.807) is 0 Å². The third-order valence-corrected chi connectivity index (χ3v) is 13.5. The van der Waals surface area contributed by atoms with Gasteiger partial charge in [-0.25, -0.2) is 0 Å². The second-order valence-corrected chi connectivity index (χ2v) is 19.8. The zero-order valence-electron chi connectivity index (χ0n) is 43.2. The lowest BCUT2D eigenvalue weighted by atomic mass is 10.0. The van der Waals surface area contributed by atoms with Crippen LogP contribution in [0.15, 0.2) is 36.5 Å². The molecular weight excluding hydrogens is 787 g/mol. The summed E-state index contributed by atoms with van der Waals surface area (Å²) in [7, 11) is 0. The molecule has 4 N–H and O–H groups in total. The molecule has 0 aromatic rings. The number of aliphatic hydroxyl groups excluding tert-OH is 3. The molecule has 0 aliphatic rings. The molecule has 0 spiro atoms. The van der Waals surface area contributed by atoms with Crippen molar-refractivity contribution in [3.05, 3.63) is 36.5 Å². The summed E-state index contributed by atoms with van der Waals surface area (Å²) in [5.41, 5.74) is 0. The highest BCUT2D eigenvalue weighted by molar-refractivity contribution is 5.76. The molecule has 0 fully saturated rings. The lowest BCUT2D eigenvalue weighted by Gasteiger charge is -2.26. The van der Waals surface area contributed by atoms with Crippen molar-refractivity contribution in [2.75, 3.05) is 6.61 Å². The predicted molar refractivity (Wildman–Crippen MR) is 282 cm³/mol. The van der Waals surface area contributed by atoms with Gasteiger partial charge in [0, 0.05) is 6.42 Å². The van der Waals surface area contributed by atoms with Crippen LogP contribution < -0.4 is 5.32 Å². The molecule has 378 valence electrons. The molecule has 5 nitrogen and oxygen atoms in total. The Morgan fingerprint density at radius 1 is 0.391 bits per heavy atom. The van der Waals surface area contributed by atoms with Crippen molar-refractivity contribution < 1.29 is 20.1 Å². The van der Waals surface area contributed by atoms with Crippen molar-refractivity contribution in [1.82, 2.24) is 5.32 Å². The zero-order chi connectivity index (χ0) is 46.5. The van der Waals surface area contributed by atoms with Crippen molar-refractivity contribution in [3.8, 4) is 0 Å². The molecule has 0 radical (unpaired) electrons. The Labute approximate surface area is 400 Å². The number of aliphatic hydroxyl groups is 3. The van der Waals surface area contributed by atoms with Gasteiger partial charge in [-0.05, 0) is 70.6 Å². The van der Waals surface area contributed by atoms with E-state index < -0.39 is 18.2 Å². The topological polar surface area (TPSA) is 89.8 Å². The lowest BCUT2D eigenvalue weighted by molar-refractivity contribution is -0.124. The number of carbonyl (C=O) groups excluding carboxylic acids is 1. The Morgan fingerprint density at radius 2 is 0.672 bits per heavy atom. The summed E-state index contributed by atoms with van der Waals surface area (Å²) >= 11 is 0. The smallest absolute Gasteiger partial charge is 0.220 e. The minimum absolute atomic E-state index is 0.152. The Kier molecular flexibility index (Phi) is 53.0. The van der Waals surface area contributed by atoms with Gasteiger partial charge in [0.15, 0.2) is 0 Å². The van der Waals surface area contributed by atoms with Gasteiger partial charge < -0.3 is 20.6 Å². The van der Waals surface area contributed by atoms with Crippen LogP contribution in [-0.2, 0) is 4.79 Å². The average molecular weight is 901 g/mol. The first kappa shape index (κ1) is 62.6. The van der Waals surface area contributed by atoms with E-state index in [2.05, 4.69) is 55.6 Å². The van der Waals surface area contributed by atoms with Crippen LogP contribution in [-0.4, -0.2) is 46.1 Å². The largest absolute Gasteiger partial charge is 0.394 e. The Balaban J connectivity index is 3.56. The molecule has 3 unspecified atom stereocenters. The summed E-state index contributed by atoms with van der Waals surface area (Å²) in [6.45, 7) is 4.20. The molecule has 1 amide bonds. The first-order valence-corrected chi connectivity index (χ1v) is 28.8. The number of nitrogens with one attached hydrogen (secondary N) is 1. The summed E-state index contributed by atoms with van der Waals surface area (Å²) in [6, 6.07) is -0.827. The summed E-state index contributed by atoms with van der Waals surface area (Å²) in [5.74, 6) is -0.152. The predicted octanol–water partition coefficient (Wildman–Crippen LogP) is 17.8. The van der Waals surface area contributed by atoms with E-state index in [0.29, 0.717) is 12.8 Å². The van der Waals surface area contributed by atoms with Gasteiger partial charge in [-0.15, -0.1) is 0 Å². The van der Waals surface area contributed by atoms with Gasteiger partial charge in [0.25, 0.3) is 0 Å². The van der Waals surface area contributed by atoms with E-state index in [-0.39, 0.29) is 12.5 Å². The highest BCUT2D eigenvalue weighted by Crippen LogP contribution is 2.17. The van der Waals surface area contributed by atoms with E-state index in [0.717, 1.165) is 44.9 Å². The number of amides is 1. The molecule has 0 bridgehead atoms. The number of unbranched alkanes of at least 4 members (excludes halogenated alkanes) is 39. The van der Waals surface area contributed by atoms with E-state index >= 15 is 0 Å². The van der Waals surface area contributed by atoms with Gasteiger partial charge in [0.1, 0.15) is 6.10 Å². The van der Waals surface area contributed by atoms with Gasteiger partial charge in [0.2, 0.25) is 5.91 Å². The molecule has 0 rings (SSSR count). The molecule has 0 heterocycles. The maximum atomic E-state index is 12.5. The van der Waals surface area contributed by atoms with Gasteiger partial charge in [-0.1, -0.05) is 269 Å². The third-order valence-electron chi connectivity index (χ3n) is 13.5. The summed E-state index contributed by atoms with van der Waals surface area (Å²) < 4.78 is 0. The average Bonchev–Trinajstić information content (AvgIpc) is 3.30. The first-order chi connectivity index (χ1) is 31.6. The normalized spacial score (nSPS) is 13.5. The minimum atomic E-state index is -1.16. The second kappa shape index (κ2) is 54.2. The first-order valence-electron chi connectivity index (χ1n) is 28.8. The quantitative estimate of drug-likeness (QED) is 0.0362. The van der Waals surface area contributed by atoms with Crippen molar-refractivity contribution in [2.24, 2.45) is 0 Å². The zero-order valence-corrected chi connectivity index (χ0v) is 43.2. The van der Waals surface area contributed by atoms with Crippen molar-refractivity contribution in [2.45, 2.75) is 327 Å². The van der Waals surface area contributed by atoms with E-state index in [1.165, 1.54) is 238 Å². The third kappa shape index (κ3) is 48.5. The molecular formula is C59H113NO4. The number of rotatable bonds is 53. The van der Waals surface area contributed by atoms with E-state index in [1.807, 2.05) is 0 Å². The molecule has 0 aromatic heterocycles. The van der Waals surface area contributed by atoms with Crippen LogP contribution in [0.4, 0.5) is 0 Å². The highest BCUT2D eigenvalue weighted by Gasteiger charge is 2.26. The van der Waals surface area contributed by atoms with Crippen LogP contribution in [0, 0.1) is 0 Å². The molecule has 0 aliphatic heterocycles. The number of allylic oxidation sites excluding steroid dienone is 6. The van der Waals surface area contributed by atoms with Crippen LogP contribution in [0.5, 0.6) is 0 Å². The molecule has 5 heteroatoms. The van der Waals surface area contributed by atoms with Gasteiger partial charge in [-0.2, -0.15) is 0 Å². The Morgan fingerprint density at radius 3 is 1.00 bits per heavy atom. The summed E-state index contributed by atoms with van der Waals surface area (Å²) in [5, 5.41) is 33.8. The fourth-order valence-corrected chi connectivity index (χ4v) is 9.02. The van der Waals surface area contributed by atoms with Crippen LogP contribution in [0.3, 0.4) is 0 Å². The lowest BCUT2D eigenvalue weighted by Crippen LogP contribution is -2.50. The van der Waals surface area contributed by atoms with Crippen molar-refractivity contribution >= 4 is 5.91 Å². The maximum Gasteiger partial charge on any atom is 0.220 e.